The van der Waals surface area contributed by atoms with Gasteiger partial charge in [-0.15, -0.1) is 11.3 Å². The van der Waals surface area contributed by atoms with Crippen LogP contribution in [-0.4, -0.2) is 34.9 Å². The maximum Gasteiger partial charge on any atom is 0.435 e. The molecule has 2 aromatic carbocycles. The highest BCUT2D eigenvalue weighted by Gasteiger charge is 2.35. The summed E-state index contributed by atoms with van der Waals surface area (Å²) in [6, 6.07) is 12.5. The Morgan fingerprint density at radius 1 is 1.17 bits per heavy atom. The molecule has 0 unspecified atom stereocenters. The second-order valence-corrected chi connectivity index (χ2v) is 9.78. The predicted molar refractivity (Wildman–Crippen MR) is 124 cm³/mol. The number of thiazole rings is 1. The van der Waals surface area contributed by atoms with Gasteiger partial charge in [0.05, 0.1) is 29.3 Å². The zero-order valence-electron chi connectivity index (χ0n) is 18.1. The van der Waals surface area contributed by atoms with Gasteiger partial charge in [-0.05, 0) is 48.5 Å². The number of benzene rings is 2. The summed E-state index contributed by atoms with van der Waals surface area (Å²) in [5.74, 6) is 0.346. The largest absolute Gasteiger partial charge is 0.456 e. The van der Waals surface area contributed by atoms with Gasteiger partial charge in [0.2, 0.25) is 0 Å². The van der Waals surface area contributed by atoms with Crippen LogP contribution in [0.2, 0.25) is 0 Å². The van der Waals surface area contributed by atoms with Crippen molar-refractivity contribution in [2.75, 3.05) is 11.3 Å². The SMILES string of the molecule is N#Cc1cc(S(=O)(=O)Nc2nccs2)ccc1Oc1ccc(-c2cc(C(F)(F)F)nn2CCO)cc1. The summed E-state index contributed by atoms with van der Waals surface area (Å²) in [5.41, 5.74) is -0.571. The van der Waals surface area contributed by atoms with Gasteiger partial charge in [0.15, 0.2) is 10.8 Å². The van der Waals surface area contributed by atoms with Crippen molar-refractivity contribution in [3.8, 4) is 28.8 Å². The molecule has 14 heteroatoms. The minimum atomic E-state index is -4.64. The smallest absolute Gasteiger partial charge is 0.435 e. The fraction of sp³-hybridized carbons (Fsp3) is 0.136. The maximum absolute atomic E-state index is 13.1. The Morgan fingerprint density at radius 2 is 1.92 bits per heavy atom. The number of anilines is 1. The van der Waals surface area contributed by atoms with Crippen LogP contribution in [0.5, 0.6) is 11.5 Å². The molecule has 0 bridgehead atoms. The molecule has 4 rings (SSSR count). The first-order valence-electron chi connectivity index (χ1n) is 10.1. The van der Waals surface area contributed by atoms with Crippen LogP contribution in [0.3, 0.4) is 0 Å². The van der Waals surface area contributed by atoms with Crippen molar-refractivity contribution < 1.29 is 31.4 Å². The van der Waals surface area contributed by atoms with Crippen LogP contribution in [0.1, 0.15) is 11.3 Å². The zero-order chi connectivity index (χ0) is 25.9. The Balaban J connectivity index is 1.57. The summed E-state index contributed by atoms with van der Waals surface area (Å²) in [6.07, 6.45) is -3.19. The molecule has 2 N–H and O–H groups in total. The fourth-order valence-corrected chi connectivity index (χ4v) is 4.99. The number of rotatable bonds is 8. The molecule has 0 amide bonds. The summed E-state index contributed by atoms with van der Waals surface area (Å²) in [6.45, 7) is -0.517. The second-order valence-electron chi connectivity index (χ2n) is 7.20. The third kappa shape index (κ3) is 5.48. The Morgan fingerprint density at radius 3 is 2.53 bits per heavy atom. The van der Waals surface area contributed by atoms with E-state index in [0.29, 0.717) is 5.56 Å². The lowest BCUT2D eigenvalue weighted by Gasteiger charge is -2.11. The highest BCUT2D eigenvalue weighted by molar-refractivity contribution is 7.93. The number of ether oxygens (including phenoxy) is 1. The van der Waals surface area contributed by atoms with Crippen molar-refractivity contribution in [2.24, 2.45) is 0 Å². The molecule has 0 saturated carbocycles. The first-order valence-corrected chi connectivity index (χ1v) is 12.5. The molecule has 0 fully saturated rings. The Kier molecular flexibility index (Phi) is 6.97. The van der Waals surface area contributed by atoms with Crippen molar-refractivity contribution in [1.82, 2.24) is 14.8 Å². The molecule has 0 aliphatic rings. The molecular weight excluding hydrogens is 519 g/mol. The number of hydrogen-bond acceptors (Lipinski definition) is 8. The summed E-state index contributed by atoms with van der Waals surface area (Å²) in [5, 5.41) is 24.0. The van der Waals surface area contributed by atoms with E-state index in [9.17, 15) is 26.9 Å². The fourth-order valence-electron chi connectivity index (χ4n) is 3.17. The lowest BCUT2D eigenvalue weighted by atomic mass is 10.1. The van der Waals surface area contributed by atoms with Gasteiger partial charge in [0.25, 0.3) is 10.0 Å². The summed E-state index contributed by atoms with van der Waals surface area (Å²) >= 11 is 1.10. The third-order valence-corrected chi connectivity index (χ3v) is 6.95. The average molecular weight is 536 g/mol. The van der Waals surface area contributed by atoms with Crippen molar-refractivity contribution >= 4 is 26.5 Å². The molecule has 0 atom stereocenters. The van der Waals surface area contributed by atoms with Crippen LogP contribution in [0.4, 0.5) is 18.3 Å². The summed E-state index contributed by atoms with van der Waals surface area (Å²) in [4.78, 5) is 3.71. The van der Waals surface area contributed by atoms with Gasteiger partial charge in [-0.25, -0.2) is 13.4 Å². The molecule has 2 heterocycles. The van der Waals surface area contributed by atoms with E-state index in [2.05, 4.69) is 14.8 Å². The monoisotopic (exact) mass is 535 g/mol. The molecule has 2 aromatic heterocycles. The minimum absolute atomic E-state index is 0.0445. The van der Waals surface area contributed by atoms with Gasteiger partial charge in [0, 0.05) is 17.1 Å². The number of sulfonamides is 1. The molecule has 186 valence electrons. The van der Waals surface area contributed by atoms with Crippen molar-refractivity contribution in [3.63, 3.8) is 0 Å². The van der Waals surface area contributed by atoms with E-state index >= 15 is 0 Å². The highest BCUT2D eigenvalue weighted by atomic mass is 32.2. The van der Waals surface area contributed by atoms with Gasteiger partial charge in [-0.1, -0.05) is 0 Å². The molecular formula is C22H16F3N5O4S2. The number of nitrogens with one attached hydrogen (secondary N) is 1. The predicted octanol–water partition coefficient (Wildman–Crippen LogP) is 4.48. The van der Waals surface area contributed by atoms with E-state index in [0.717, 1.165) is 28.2 Å². The van der Waals surface area contributed by atoms with Crippen molar-refractivity contribution in [3.05, 3.63) is 71.4 Å². The van der Waals surface area contributed by atoms with Gasteiger partial charge in [-0.3, -0.25) is 9.40 Å². The van der Waals surface area contributed by atoms with Gasteiger partial charge >= 0.3 is 6.18 Å². The van der Waals surface area contributed by atoms with Crippen LogP contribution in [0.15, 0.2) is 65.0 Å². The first-order chi connectivity index (χ1) is 17.1. The van der Waals surface area contributed by atoms with Crippen LogP contribution >= 0.6 is 11.3 Å². The normalized spacial score (nSPS) is 11.8. The van der Waals surface area contributed by atoms with Crippen molar-refractivity contribution in [2.45, 2.75) is 17.6 Å². The number of halogens is 3. The Labute approximate surface area is 207 Å². The topological polar surface area (TPSA) is 130 Å². The Bertz CT molecular complexity index is 1510. The van der Waals surface area contributed by atoms with E-state index in [1.807, 2.05) is 6.07 Å². The van der Waals surface area contributed by atoms with Crippen molar-refractivity contribution in [1.29, 1.82) is 5.26 Å². The first kappa shape index (κ1) is 25.2. The van der Waals surface area contributed by atoms with Gasteiger partial charge < -0.3 is 9.84 Å². The molecule has 36 heavy (non-hydrogen) atoms. The lowest BCUT2D eigenvalue weighted by molar-refractivity contribution is -0.141. The van der Waals surface area contributed by atoms with Crippen LogP contribution in [-0.2, 0) is 22.7 Å². The molecule has 0 spiro atoms. The van der Waals surface area contributed by atoms with Crippen LogP contribution < -0.4 is 9.46 Å². The minimum Gasteiger partial charge on any atom is -0.456 e. The second kappa shape index (κ2) is 9.97. The number of nitriles is 1. The number of alkyl halides is 3. The van der Waals surface area contributed by atoms with E-state index in [4.69, 9.17) is 9.84 Å². The Hall–Kier alpha value is -3.93. The van der Waals surface area contributed by atoms with Gasteiger partial charge in [0.1, 0.15) is 17.6 Å². The number of aliphatic hydroxyl groups excluding tert-OH is 1. The van der Waals surface area contributed by atoms with E-state index in [-0.39, 0.29) is 39.3 Å². The summed E-state index contributed by atoms with van der Waals surface area (Å²) in [7, 11) is -3.97. The van der Waals surface area contributed by atoms with E-state index in [1.165, 1.54) is 42.6 Å². The highest BCUT2D eigenvalue weighted by Crippen LogP contribution is 2.33. The van der Waals surface area contributed by atoms with Crippen LogP contribution in [0, 0.1) is 11.3 Å². The molecule has 0 aliphatic carbocycles. The van der Waals surface area contributed by atoms with E-state index in [1.54, 1.807) is 5.38 Å². The number of nitrogens with zero attached hydrogens (tertiary/aromatic N) is 4. The van der Waals surface area contributed by atoms with E-state index < -0.39 is 28.5 Å². The number of aliphatic hydroxyl groups is 1. The lowest BCUT2D eigenvalue weighted by Crippen LogP contribution is -2.13. The van der Waals surface area contributed by atoms with Gasteiger partial charge in [-0.2, -0.15) is 23.5 Å². The third-order valence-electron chi connectivity index (χ3n) is 4.80. The number of aromatic nitrogens is 3. The average Bonchev–Trinajstić information content (AvgIpc) is 3.50. The molecule has 0 aliphatic heterocycles. The standard InChI is InChI=1S/C22H16F3N5O4S2/c23-22(24,25)20-12-18(30(28-20)8-9-31)14-1-3-16(4-2-14)34-19-6-5-17(11-15(19)13-26)36(32,33)29-21-27-7-10-35-21/h1-7,10-12,31H,8-9H2,(H,27,29). The zero-order valence-corrected chi connectivity index (χ0v) is 19.7. The molecule has 0 radical (unpaired) electrons. The summed E-state index contributed by atoms with van der Waals surface area (Å²) < 4.78 is 73.5. The molecule has 0 saturated heterocycles. The quantitative estimate of drug-likeness (QED) is 0.340. The molecule has 4 aromatic rings. The molecule has 9 nitrogen and oxygen atoms in total. The number of hydrogen-bond donors (Lipinski definition) is 2. The van der Waals surface area contributed by atoms with Crippen LogP contribution in [0.25, 0.3) is 11.3 Å². The maximum atomic E-state index is 13.1.